The Balaban J connectivity index is 0.00000280. The maximum absolute atomic E-state index is 12.3. The van der Waals surface area contributed by atoms with E-state index in [0.717, 1.165) is 19.4 Å². The second-order valence-electron chi connectivity index (χ2n) is 6.90. The Bertz CT molecular complexity index is 716. The van der Waals surface area contributed by atoms with Crippen molar-refractivity contribution in [2.24, 2.45) is 0 Å². The molecule has 154 valence electrons. The molecule has 0 spiro atoms. The highest BCUT2D eigenvalue weighted by atomic mass is 16.5. The number of carboxylic acids is 1. The van der Waals surface area contributed by atoms with Crippen LogP contribution in [0.1, 0.15) is 36.2 Å². The summed E-state index contributed by atoms with van der Waals surface area (Å²) in [7, 11) is -1.54. The van der Waals surface area contributed by atoms with Crippen molar-refractivity contribution in [3.63, 3.8) is 0 Å². The number of nitrogens with zero attached hydrogens (tertiary/aromatic N) is 1. The molecule has 0 aliphatic carbocycles. The first-order valence-corrected chi connectivity index (χ1v) is 9.00. The zero-order valence-corrected chi connectivity index (χ0v) is 14.8. The minimum atomic E-state index is -1.54. The van der Waals surface area contributed by atoms with Gasteiger partial charge in [0.25, 0.3) is 0 Å². The number of aromatic hydroxyl groups is 1. The summed E-state index contributed by atoms with van der Waals surface area (Å²) >= 11 is 0. The summed E-state index contributed by atoms with van der Waals surface area (Å²) < 4.78 is 5.69. The first kappa shape index (κ1) is 22.0. The third-order valence-electron chi connectivity index (χ3n) is 4.92. The smallest absolute Gasteiger partial charge is 0.451 e. The topological polar surface area (TPSA) is 140 Å². The van der Waals surface area contributed by atoms with Crippen LogP contribution in [0.4, 0.5) is 0 Å². The molecular weight excluding hydrogens is 367 g/mol. The van der Waals surface area contributed by atoms with Gasteiger partial charge in [0.2, 0.25) is 5.91 Å². The lowest BCUT2D eigenvalue weighted by Crippen LogP contribution is -2.59. The molecule has 1 aromatic rings. The number of amides is 1. The lowest BCUT2D eigenvalue weighted by molar-refractivity contribution is -0.141. The monoisotopic (exact) mass is 394 g/mol. The number of carbonyl (C=O) groups excluding carboxylic acids is 1. The summed E-state index contributed by atoms with van der Waals surface area (Å²) in [6.07, 6.45) is 1.55. The first-order chi connectivity index (χ1) is 12.9. The molecule has 1 amide bonds. The number of carbonyl (C=O) groups is 2. The van der Waals surface area contributed by atoms with E-state index in [1.165, 1.54) is 12.1 Å². The molecule has 2 aliphatic heterocycles. The largest absolute Gasteiger partial charge is 0.507 e. The second-order valence-corrected chi connectivity index (χ2v) is 6.90. The molecule has 10 heteroatoms. The highest BCUT2D eigenvalue weighted by Crippen LogP contribution is 2.34. The molecule has 1 atom stereocenters. The van der Waals surface area contributed by atoms with Crippen molar-refractivity contribution >= 4 is 19.0 Å². The Morgan fingerprint density at radius 2 is 2.00 bits per heavy atom. The highest BCUT2D eigenvalue weighted by molar-refractivity contribution is 6.41. The van der Waals surface area contributed by atoms with Gasteiger partial charge in [-0.3, -0.25) is 4.79 Å². The molecule has 0 radical (unpaired) electrons. The molecule has 0 aromatic heterocycles. The number of likely N-dealkylation sites (tertiary alicyclic amines) is 1. The Morgan fingerprint density at radius 3 is 2.57 bits per heavy atom. The Morgan fingerprint density at radius 1 is 1.29 bits per heavy atom. The molecule has 5 N–H and O–H groups in total. The summed E-state index contributed by atoms with van der Waals surface area (Å²) in [4.78, 5) is 25.5. The second kappa shape index (κ2) is 9.27. The fourth-order valence-electron chi connectivity index (χ4n) is 3.39. The van der Waals surface area contributed by atoms with Gasteiger partial charge in [-0.15, -0.1) is 0 Å². The van der Waals surface area contributed by atoms with Crippen LogP contribution in [0.15, 0.2) is 12.1 Å². The van der Waals surface area contributed by atoms with Crippen LogP contribution in [0.5, 0.6) is 11.5 Å². The van der Waals surface area contributed by atoms with Crippen LogP contribution in [0.2, 0.25) is 6.32 Å². The van der Waals surface area contributed by atoms with E-state index in [9.17, 15) is 19.8 Å². The summed E-state index contributed by atoms with van der Waals surface area (Å²) in [6, 6.07) is 2.81. The molecule has 2 heterocycles. The third-order valence-corrected chi connectivity index (χ3v) is 4.92. The highest BCUT2D eigenvalue weighted by Gasteiger charge is 2.37. The van der Waals surface area contributed by atoms with E-state index in [4.69, 9.17) is 14.8 Å². The Kier molecular flexibility index (Phi) is 7.28. The van der Waals surface area contributed by atoms with E-state index in [2.05, 4.69) is 5.32 Å². The number of aryl methyl sites for hydroxylation is 1. The van der Waals surface area contributed by atoms with Gasteiger partial charge in [-0.1, -0.05) is 13.5 Å². The molecule has 1 aromatic carbocycles. The number of rotatable bonds is 7. The minimum absolute atomic E-state index is 0. The van der Waals surface area contributed by atoms with Crippen LogP contribution in [0, 0.1) is 0 Å². The molecular formula is C18H27BN2O7. The third kappa shape index (κ3) is 4.75. The molecule has 2 saturated heterocycles. The minimum Gasteiger partial charge on any atom is -0.507 e. The summed E-state index contributed by atoms with van der Waals surface area (Å²) in [6.45, 7) is 1.58. The summed E-state index contributed by atoms with van der Waals surface area (Å²) in [5.74, 6) is -1.71. The Labute approximate surface area is 164 Å². The lowest BCUT2D eigenvalue weighted by atomic mass is 9.82. The molecule has 0 bridgehead atoms. The first-order valence-electron chi connectivity index (χ1n) is 9.00. The van der Waals surface area contributed by atoms with E-state index in [1.807, 2.05) is 0 Å². The number of carboxylic acid groups (broad SMARTS) is 1. The number of phenols is 1. The van der Waals surface area contributed by atoms with Gasteiger partial charge in [0, 0.05) is 0 Å². The quantitative estimate of drug-likeness (QED) is 0.410. The number of ether oxygens (including phenoxy) is 1. The average Bonchev–Trinajstić information content (AvgIpc) is 3.10. The van der Waals surface area contributed by atoms with E-state index in [1.54, 1.807) is 4.90 Å². The molecule has 3 rings (SSSR count). The van der Waals surface area contributed by atoms with Crippen molar-refractivity contribution in [1.29, 1.82) is 0 Å². The Hall–Kier alpha value is -2.30. The standard InChI is InChI=1S/C17H23BN2O7.CH4/c21-15-10(5-6-18(25)26)3-4-13(14(15)17(23)24)27-11-8-20(9-11)16(22)12-2-1-7-19-12;/h3-4,11-12,19,21,25-26H,1-2,5-9H2,(H,23,24);1H4/t12-;/m0./s1. The van der Waals surface area contributed by atoms with Crippen LogP contribution >= 0.6 is 0 Å². The van der Waals surface area contributed by atoms with E-state index < -0.39 is 18.8 Å². The molecule has 0 saturated carbocycles. The van der Waals surface area contributed by atoms with Crippen LogP contribution in [0.3, 0.4) is 0 Å². The maximum atomic E-state index is 12.3. The van der Waals surface area contributed by atoms with Crippen molar-refractivity contribution in [3.05, 3.63) is 23.3 Å². The summed E-state index contributed by atoms with van der Waals surface area (Å²) in [5, 5.41) is 40.7. The van der Waals surface area contributed by atoms with Crippen molar-refractivity contribution in [2.45, 2.75) is 45.2 Å². The molecule has 28 heavy (non-hydrogen) atoms. The molecule has 9 nitrogen and oxygen atoms in total. The van der Waals surface area contributed by atoms with Crippen LogP contribution in [-0.2, 0) is 11.2 Å². The predicted octanol–water partition coefficient (Wildman–Crippen LogP) is 0.0834. The van der Waals surface area contributed by atoms with Crippen molar-refractivity contribution < 1.29 is 34.6 Å². The number of hydrogen-bond donors (Lipinski definition) is 5. The zero-order valence-electron chi connectivity index (χ0n) is 14.8. The number of benzene rings is 1. The fourth-order valence-corrected chi connectivity index (χ4v) is 3.39. The average molecular weight is 394 g/mol. The van der Waals surface area contributed by atoms with E-state index >= 15 is 0 Å². The normalized spacial score (nSPS) is 18.9. The van der Waals surface area contributed by atoms with E-state index in [0.29, 0.717) is 18.7 Å². The van der Waals surface area contributed by atoms with Gasteiger partial charge in [0.05, 0.1) is 19.1 Å². The van der Waals surface area contributed by atoms with Crippen molar-refractivity contribution in [2.75, 3.05) is 19.6 Å². The number of aromatic carboxylic acids is 1. The molecule has 0 unspecified atom stereocenters. The molecule has 2 aliphatic rings. The summed E-state index contributed by atoms with van der Waals surface area (Å²) in [5.41, 5.74) is -0.0623. The predicted molar refractivity (Wildman–Crippen MR) is 103 cm³/mol. The SMILES string of the molecule is C.O=C(O)c1c(OC2CN(C(=O)[C@@H]3CCCN3)C2)ccc(CCB(O)O)c1O. The number of hydrogen-bond acceptors (Lipinski definition) is 7. The van der Waals surface area contributed by atoms with Gasteiger partial charge in [-0.05, 0) is 43.8 Å². The fraction of sp³-hybridized carbons (Fsp3) is 0.556. The van der Waals surface area contributed by atoms with Gasteiger partial charge < -0.3 is 35.2 Å². The van der Waals surface area contributed by atoms with Gasteiger partial charge in [0.15, 0.2) is 0 Å². The van der Waals surface area contributed by atoms with Crippen molar-refractivity contribution in [1.82, 2.24) is 10.2 Å². The van der Waals surface area contributed by atoms with E-state index in [-0.39, 0.29) is 49.5 Å². The lowest BCUT2D eigenvalue weighted by Gasteiger charge is -2.40. The van der Waals surface area contributed by atoms with Gasteiger partial charge in [-0.25, -0.2) is 4.79 Å². The van der Waals surface area contributed by atoms with Crippen LogP contribution in [-0.4, -0.2) is 75.9 Å². The van der Waals surface area contributed by atoms with Crippen LogP contribution in [0.25, 0.3) is 0 Å². The van der Waals surface area contributed by atoms with Gasteiger partial charge in [0.1, 0.15) is 23.2 Å². The maximum Gasteiger partial charge on any atom is 0.451 e. The molecule has 2 fully saturated rings. The van der Waals surface area contributed by atoms with Crippen LogP contribution < -0.4 is 10.1 Å². The van der Waals surface area contributed by atoms with Crippen molar-refractivity contribution in [3.8, 4) is 11.5 Å². The van der Waals surface area contributed by atoms with Gasteiger partial charge >= 0.3 is 13.1 Å². The van der Waals surface area contributed by atoms with Gasteiger partial charge in [-0.2, -0.15) is 0 Å². The number of nitrogens with one attached hydrogen (secondary N) is 1. The zero-order chi connectivity index (χ0) is 19.6.